The maximum Gasteiger partial charge on any atom is 0.312 e. The number of carbonyl (C=O) groups excluding carboxylic acids is 3. The van der Waals surface area contributed by atoms with E-state index in [-0.39, 0.29) is 25.0 Å². The van der Waals surface area contributed by atoms with Crippen LogP contribution in [0.15, 0.2) is 42.5 Å². The van der Waals surface area contributed by atoms with Crippen LogP contribution in [0.25, 0.3) is 10.8 Å². The second kappa shape index (κ2) is 8.06. The van der Waals surface area contributed by atoms with Crippen molar-refractivity contribution < 1.29 is 29.0 Å². The zero-order valence-corrected chi connectivity index (χ0v) is 19.6. The Hall–Kier alpha value is -2.97. The zero-order valence-electron chi connectivity index (χ0n) is 19.6. The summed E-state index contributed by atoms with van der Waals surface area (Å²) >= 11 is 0. The van der Waals surface area contributed by atoms with Gasteiger partial charge in [-0.25, -0.2) is 0 Å². The van der Waals surface area contributed by atoms with Gasteiger partial charge in [0.1, 0.15) is 17.6 Å². The molecule has 0 aliphatic carbocycles. The number of aliphatic hydroxyl groups excluding tert-OH is 1. The number of esters is 1. The second-order valence-corrected chi connectivity index (χ2v) is 9.81. The third-order valence-corrected chi connectivity index (χ3v) is 7.76. The smallest absolute Gasteiger partial charge is 0.312 e. The highest BCUT2D eigenvalue weighted by Crippen LogP contribution is 2.63. The van der Waals surface area contributed by atoms with E-state index in [1.165, 1.54) is 4.90 Å². The lowest BCUT2D eigenvalue weighted by molar-refractivity contribution is -0.159. The first-order valence-corrected chi connectivity index (χ1v) is 11.9. The molecule has 8 heteroatoms. The largest absolute Gasteiger partial charge is 0.466 e. The van der Waals surface area contributed by atoms with Gasteiger partial charge in [0.15, 0.2) is 0 Å². The highest BCUT2D eigenvalue weighted by atomic mass is 16.6. The molecule has 2 amide bonds. The number of nitrogens with zero attached hydrogens (tertiary/aromatic N) is 1. The fourth-order valence-corrected chi connectivity index (χ4v) is 6.29. The fourth-order valence-electron chi connectivity index (χ4n) is 6.29. The van der Waals surface area contributed by atoms with Crippen molar-refractivity contribution in [2.24, 2.45) is 11.8 Å². The molecular formula is C26H30N2O6. The van der Waals surface area contributed by atoms with Crippen molar-refractivity contribution in [3.05, 3.63) is 42.5 Å². The molecule has 8 nitrogen and oxygen atoms in total. The maximum atomic E-state index is 13.8. The van der Waals surface area contributed by atoms with E-state index in [2.05, 4.69) is 5.32 Å². The molecule has 5 rings (SSSR count). The van der Waals surface area contributed by atoms with Crippen LogP contribution in [-0.4, -0.2) is 64.3 Å². The van der Waals surface area contributed by atoms with Gasteiger partial charge >= 0.3 is 5.97 Å². The number of benzene rings is 2. The molecule has 0 saturated carbocycles. The molecular weight excluding hydrogens is 436 g/mol. The van der Waals surface area contributed by atoms with Gasteiger partial charge in [0, 0.05) is 5.69 Å². The number of likely N-dealkylation sites (tertiary alicyclic amines) is 1. The number of carbonyl (C=O) groups is 3. The number of aliphatic hydroxyl groups is 1. The zero-order chi connectivity index (χ0) is 24.3. The first kappa shape index (κ1) is 22.8. The summed E-state index contributed by atoms with van der Waals surface area (Å²) < 4.78 is 11.8. The highest BCUT2D eigenvalue weighted by molar-refractivity contribution is 6.04. The number of ether oxygens (including phenoxy) is 2. The Bertz CT molecular complexity index is 1170. The molecule has 3 heterocycles. The summed E-state index contributed by atoms with van der Waals surface area (Å²) in [5, 5.41) is 14.9. The molecule has 3 fully saturated rings. The van der Waals surface area contributed by atoms with Gasteiger partial charge < -0.3 is 24.8 Å². The van der Waals surface area contributed by atoms with Gasteiger partial charge in [0.2, 0.25) is 11.8 Å². The maximum absolute atomic E-state index is 13.8. The minimum Gasteiger partial charge on any atom is -0.466 e. The normalized spacial score (nSPS) is 32.6. The van der Waals surface area contributed by atoms with Crippen LogP contribution < -0.4 is 5.32 Å². The molecule has 2 aromatic rings. The third kappa shape index (κ3) is 3.15. The van der Waals surface area contributed by atoms with Crippen LogP contribution >= 0.6 is 0 Å². The lowest BCUT2D eigenvalue weighted by atomic mass is 9.66. The van der Waals surface area contributed by atoms with Crippen LogP contribution in [0.1, 0.15) is 33.6 Å². The van der Waals surface area contributed by atoms with Gasteiger partial charge in [-0.1, -0.05) is 30.3 Å². The van der Waals surface area contributed by atoms with Crippen molar-refractivity contribution in [3.63, 3.8) is 0 Å². The highest BCUT2D eigenvalue weighted by Gasteiger charge is 2.78. The molecule has 3 aliphatic rings. The summed E-state index contributed by atoms with van der Waals surface area (Å²) in [6, 6.07) is 11.9. The third-order valence-electron chi connectivity index (χ3n) is 7.76. The molecule has 2 unspecified atom stereocenters. The van der Waals surface area contributed by atoms with E-state index < -0.39 is 41.1 Å². The summed E-state index contributed by atoms with van der Waals surface area (Å²) in [5.41, 5.74) is -1.41. The summed E-state index contributed by atoms with van der Waals surface area (Å²) in [5.74, 6) is -2.83. The van der Waals surface area contributed by atoms with Gasteiger partial charge in [0.05, 0.1) is 30.8 Å². The number of amides is 2. The molecule has 180 valence electrons. The lowest BCUT2D eigenvalue weighted by Crippen LogP contribution is -2.55. The minimum atomic E-state index is -1.15. The van der Waals surface area contributed by atoms with Crippen LogP contribution in [0.5, 0.6) is 0 Å². The monoisotopic (exact) mass is 466 g/mol. The predicted molar refractivity (Wildman–Crippen MR) is 125 cm³/mol. The fraction of sp³-hybridized carbons (Fsp3) is 0.500. The molecule has 0 radical (unpaired) electrons. The predicted octanol–water partition coefficient (Wildman–Crippen LogP) is 2.49. The lowest BCUT2D eigenvalue weighted by Gasteiger charge is -2.35. The van der Waals surface area contributed by atoms with Gasteiger partial charge in [0.25, 0.3) is 0 Å². The Morgan fingerprint density at radius 2 is 1.97 bits per heavy atom. The summed E-state index contributed by atoms with van der Waals surface area (Å²) in [4.78, 5) is 41.9. The minimum absolute atomic E-state index is 0.196. The van der Waals surface area contributed by atoms with Crippen LogP contribution in [0, 0.1) is 11.8 Å². The summed E-state index contributed by atoms with van der Waals surface area (Å²) in [6.45, 7) is 5.13. The van der Waals surface area contributed by atoms with Crippen molar-refractivity contribution in [2.75, 3.05) is 18.5 Å². The first-order chi connectivity index (χ1) is 16.3. The van der Waals surface area contributed by atoms with E-state index in [4.69, 9.17) is 9.47 Å². The second-order valence-electron chi connectivity index (χ2n) is 9.81. The van der Waals surface area contributed by atoms with E-state index in [1.807, 2.05) is 49.4 Å². The molecule has 6 atom stereocenters. The van der Waals surface area contributed by atoms with E-state index >= 15 is 0 Å². The van der Waals surface area contributed by atoms with Crippen LogP contribution in [0.3, 0.4) is 0 Å². The average molecular weight is 467 g/mol. The van der Waals surface area contributed by atoms with Crippen LogP contribution in [0.4, 0.5) is 5.69 Å². The van der Waals surface area contributed by atoms with Crippen molar-refractivity contribution in [3.8, 4) is 0 Å². The Labute approximate surface area is 198 Å². The molecule has 2 N–H and O–H groups in total. The number of nitrogens with one attached hydrogen (secondary N) is 1. The number of anilines is 1. The molecule has 3 saturated heterocycles. The van der Waals surface area contributed by atoms with E-state index in [0.29, 0.717) is 18.5 Å². The Balaban J connectivity index is 1.53. The van der Waals surface area contributed by atoms with Crippen molar-refractivity contribution in [1.29, 1.82) is 0 Å². The first-order valence-electron chi connectivity index (χ1n) is 11.9. The Morgan fingerprint density at radius 1 is 1.24 bits per heavy atom. The molecule has 2 aromatic carbocycles. The van der Waals surface area contributed by atoms with Crippen molar-refractivity contribution >= 4 is 34.2 Å². The molecule has 0 aromatic heterocycles. The average Bonchev–Trinajstić information content (AvgIpc) is 3.39. The number of fused-ring (bicyclic) bond motifs is 2. The summed E-state index contributed by atoms with van der Waals surface area (Å²) in [7, 11) is 0. The van der Waals surface area contributed by atoms with Crippen molar-refractivity contribution in [1.82, 2.24) is 4.90 Å². The van der Waals surface area contributed by atoms with E-state index in [9.17, 15) is 19.5 Å². The standard InChI is InChI=1S/C26H30N2O6/c1-4-33-24(32)20-19-23(31)28(15(2)14-29)21(26(19)12-11-25(20,3)34-26)22(30)27-18-10-9-16-7-5-6-8-17(16)13-18/h5-10,13,15,19-21,29H,4,11-12,14H2,1-3H3,(H,27,30)/t15-,19+,20-,21?,25+,26?/m1/s1. The Kier molecular flexibility index (Phi) is 5.41. The number of hydrogen-bond acceptors (Lipinski definition) is 6. The topological polar surface area (TPSA) is 105 Å². The van der Waals surface area contributed by atoms with Gasteiger partial charge in [-0.05, 0) is 56.5 Å². The number of rotatable bonds is 6. The van der Waals surface area contributed by atoms with E-state index in [1.54, 1.807) is 13.8 Å². The summed E-state index contributed by atoms with van der Waals surface area (Å²) in [6.07, 6.45) is 1.02. The quantitative estimate of drug-likeness (QED) is 0.634. The van der Waals surface area contributed by atoms with Crippen molar-refractivity contribution in [2.45, 2.75) is 56.9 Å². The number of hydrogen-bond donors (Lipinski definition) is 2. The van der Waals surface area contributed by atoms with Crippen LogP contribution in [0.2, 0.25) is 0 Å². The van der Waals surface area contributed by atoms with E-state index in [0.717, 1.165) is 10.8 Å². The molecule has 34 heavy (non-hydrogen) atoms. The Morgan fingerprint density at radius 3 is 2.68 bits per heavy atom. The molecule has 3 aliphatic heterocycles. The molecule has 1 spiro atoms. The van der Waals surface area contributed by atoms with Crippen LogP contribution in [-0.2, 0) is 23.9 Å². The molecule has 2 bridgehead atoms. The van der Waals surface area contributed by atoms with Gasteiger partial charge in [-0.3, -0.25) is 14.4 Å². The van der Waals surface area contributed by atoms with Gasteiger partial charge in [-0.2, -0.15) is 0 Å². The SMILES string of the molecule is CCOC(=O)[C@H]1[C@H]2C(=O)N([C@H](C)CO)C(C(=O)Nc3ccc4ccccc4c3)C23CC[C@]1(C)O3. The van der Waals surface area contributed by atoms with Gasteiger partial charge in [-0.15, -0.1) is 0 Å².